The average Bonchev–Trinajstić information content (AvgIpc) is 2.77. The van der Waals surface area contributed by atoms with E-state index >= 15 is 0 Å². The number of fused-ring (bicyclic) bond motifs is 1. The number of carbonyl (C=O) groups excluding carboxylic acids is 2. The summed E-state index contributed by atoms with van der Waals surface area (Å²) in [6.45, 7) is 2.81. The molecule has 0 radical (unpaired) electrons. The second-order valence-corrected chi connectivity index (χ2v) is 7.50. The van der Waals surface area contributed by atoms with E-state index in [0.717, 1.165) is 31.4 Å². The van der Waals surface area contributed by atoms with Crippen LogP contribution in [0.4, 0.5) is 5.69 Å². The standard InChI is InChI=1S/C24H30N2O4/c1-17(30-22-14-7-10-18-9-3-4-11-19(18)22)23(27)26-21-13-6-5-12-20(21)24(28)25-15-8-16-29-2/h5-7,10,12-14,17H,3-4,8-9,11,15-16H2,1-2H3,(H,25,28)(H,26,27)/t17-/m1/s1. The van der Waals surface area contributed by atoms with E-state index in [9.17, 15) is 9.59 Å². The van der Waals surface area contributed by atoms with Gasteiger partial charge in [0.2, 0.25) is 0 Å². The Labute approximate surface area is 178 Å². The molecule has 6 nitrogen and oxygen atoms in total. The van der Waals surface area contributed by atoms with Gasteiger partial charge in [-0.15, -0.1) is 0 Å². The molecule has 2 amide bonds. The van der Waals surface area contributed by atoms with Crippen molar-refractivity contribution < 1.29 is 19.1 Å². The van der Waals surface area contributed by atoms with Crippen molar-refractivity contribution in [2.75, 3.05) is 25.6 Å². The van der Waals surface area contributed by atoms with E-state index in [1.165, 1.54) is 17.5 Å². The number of benzene rings is 2. The highest BCUT2D eigenvalue weighted by molar-refractivity contribution is 6.04. The van der Waals surface area contributed by atoms with E-state index in [4.69, 9.17) is 9.47 Å². The third-order valence-corrected chi connectivity index (χ3v) is 5.27. The summed E-state index contributed by atoms with van der Waals surface area (Å²) in [7, 11) is 1.63. The van der Waals surface area contributed by atoms with Crippen LogP contribution in [-0.4, -0.2) is 38.2 Å². The molecule has 6 heteroatoms. The summed E-state index contributed by atoms with van der Waals surface area (Å²) in [5.41, 5.74) is 3.41. The number of anilines is 1. The van der Waals surface area contributed by atoms with E-state index in [2.05, 4.69) is 16.7 Å². The molecule has 0 unspecified atom stereocenters. The van der Waals surface area contributed by atoms with Gasteiger partial charge in [0, 0.05) is 20.3 Å². The average molecular weight is 411 g/mol. The SMILES string of the molecule is COCCCNC(=O)c1ccccc1NC(=O)[C@@H](C)Oc1cccc2c1CCCC2. The lowest BCUT2D eigenvalue weighted by Crippen LogP contribution is -2.32. The van der Waals surface area contributed by atoms with Gasteiger partial charge in [-0.1, -0.05) is 24.3 Å². The fourth-order valence-electron chi connectivity index (χ4n) is 3.64. The molecular formula is C24H30N2O4. The molecule has 160 valence electrons. The maximum atomic E-state index is 12.8. The van der Waals surface area contributed by atoms with Gasteiger partial charge in [0.05, 0.1) is 11.3 Å². The van der Waals surface area contributed by atoms with Gasteiger partial charge in [0.1, 0.15) is 5.75 Å². The van der Waals surface area contributed by atoms with E-state index in [1.807, 2.05) is 12.1 Å². The first-order valence-electron chi connectivity index (χ1n) is 10.5. The third-order valence-electron chi connectivity index (χ3n) is 5.27. The first-order chi connectivity index (χ1) is 14.6. The number of rotatable bonds is 9. The number of nitrogens with one attached hydrogen (secondary N) is 2. The molecular weight excluding hydrogens is 380 g/mol. The van der Waals surface area contributed by atoms with Crippen molar-refractivity contribution in [3.63, 3.8) is 0 Å². The zero-order chi connectivity index (χ0) is 21.3. The number of methoxy groups -OCH3 is 1. The molecule has 0 saturated heterocycles. The molecule has 0 aromatic heterocycles. The number of aryl methyl sites for hydroxylation is 1. The van der Waals surface area contributed by atoms with Crippen molar-refractivity contribution >= 4 is 17.5 Å². The molecule has 2 N–H and O–H groups in total. The van der Waals surface area contributed by atoms with Gasteiger partial charge < -0.3 is 20.1 Å². The van der Waals surface area contributed by atoms with Crippen molar-refractivity contribution in [2.24, 2.45) is 0 Å². The highest BCUT2D eigenvalue weighted by Gasteiger charge is 2.21. The van der Waals surface area contributed by atoms with Crippen LogP contribution in [0.1, 0.15) is 47.7 Å². The molecule has 1 aliphatic rings. The van der Waals surface area contributed by atoms with Gasteiger partial charge in [-0.25, -0.2) is 0 Å². The molecule has 0 heterocycles. The van der Waals surface area contributed by atoms with Crippen molar-refractivity contribution in [3.8, 4) is 5.75 Å². The first-order valence-corrected chi connectivity index (χ1v) is 10.5. The lowest BCUT2D eigenvalue weighted by atomic mass is 9.91. The van der Waals surface area contributed by atoms with E-state index in [0.29, 0.717) is 24.4 Å². The monoisotopic (exact) mass is 410 g/mol. The van der Waals surface area contributed by atoms with Crippen LogP contribution in [-0.2, 0) is 22.4 Å². The zero-order valence-corrected chi connectivity index (χ0v) is 17.7. The van der Waals surface area contributed by atoms with Crippen molar-refractivity contribution in [1.82, 2.24) is 5.32 Å². The summed E-state index contributed by atoms with van der Waals surface area (Å²) in [4.78, 5) is 25.3. The zero-order valence-electron chi connectivity index (χ0n) is 17.7. The Hall–Kier alpha value is -2.86. The van der Waals surface area contributed by atoms with Crippen molar-refractivity contribution in [1.29, 1.82) is 0 Å². The highest BCUT2D eigenvalue weighted by Crippen LogP contribution is 2.30. The van der Waals surface area contributed by atoms with E-state index in [1.54, 1.807) is 38.3 Å². The molecule has 0 aliphatic heterocycles. The number of amides is 2. The molecule has 0 spiro atoms. The quantitative estimate of drug-likeness (QED) is 0.618. The maximum Gasteiger partial charge on any atom is 0.265 e. The summed E-state index contributed by atoms with van der Waals surface area (Å²) >= 11 is 0. The summed E-state index contributed by atoms with van der Waals surface area (Å²) in [5, 5.41) is 5.69. The van der Waals surface area contributed by atoms with Crippen molar-refractivity contribution in [2.45, 2.75) is 45.1 Å². The number of hydrogen-bond donors (Lipinski definition) is 2. The fraction of sp³-hybridized carbons (Fsp3) is 0.417. The Morgan fingerprint density at radius 2 is 1.87 bits per heavy atom. The van der Waals surface area contributed by atoms with Crippen LogP contribution in [0.25, 0.3) is 0 Å². The Kier molecular flexibility index (Phi) is 7.85. The number of carbonyl (C=O) groups is 2. The Morgan fingerprint density at radius 1 is 1.07 bits per heavy atom. The van der Waals surface area contributed by atoms with Crippen LogP contribution in [0, 0.1) is 0 Å². The molecule has 0 saturated carbocycles. The minimum Gasteiger partial charge on any atom is -0.481 e. The topological polar surface area (TPSA) is 76.7 Å². The third kappa shape index (κ3) is 5.60. The van der Waals surface area contributed by atoms with Crippen LogP contribution in [0.5, 0.6) is 5.75 Å². The van der Waals surface area contributed by atoms with Crippen molar-refractivity contribution in [3.05, 3.63) is 59.2 Å². The fourth-order valence-corrected chi connectivity index (χ4v) is 3.64. The Morgan fingerprint density at radius 3 is 2.70 bits per heavy atom. The van der Waals surface area contributed by atoms with E-state index < -0.39 is 6.10 Å². The number of hydrogen-bond acceptors (Lipinski definition) is 4. The molecule has 30 heavy (non-hydrogen) atoms. The van der Waals surface area contributed by atoms with E-state index in [-0.39, 0.29) is 11.8 Å². The summed E-state index contributed by atoms with van der Waals surface area (Å²) < 4.78 is 11.0. The first kappa shape index (κ1) is 21.8. The van der Waals surface area contributed by atoms with Crippen LogP contribution in [0.2, 0.25) is 0 Å². The molecule has 3 rings (SSSR count). The normalized spacial score (nSPS) is 13.8. The molecule has 2 aromatic carbocycles. The minimum absolute atomic E-state index is 0.229. The molecule has 0 bridgehead atoms. The van der Waals surface area contributed by atoms with Gasteiger partial charge in [0.15, 0.2) is 6.10 Å². The Balaban J connectivity index is 1.64. The lowest BCUT2D eigenvalue weighted by molar-refractivity contribution is -0.122. The lowest BCUT2D eigenvalue weighted by Gasteiger charge is -2.22. The summed E-state index contributed by atoms with van der Waals surface area (Å²) in [6.07, 6.45) is 4.41. The largest absolute Gasteiger partial charge is 0.481 e. The van der Waals surface area contributed by atoms with Gasteiger partial charge in [-0.05, 0) is 68.4 Å². The molecule has 0 fully saturated rings. The summed E-state index contributed by atoms with van der Waals surface area (Å²) in [6, 6.07) is 13.0. The minimum atomic E-state index is -0.684. The summed E-state index contributed by atoms with van der Waals surface area (Å²) in [5.74, 6) is 0.259. The predicted molar refractivity (Wildman–Crippen MR) is 117 cm³/mol. The van der Waals surface area contributed by atoms with Gasteiger partial charge in [-0.3, -0.25) is 9.59 Å². The van der Waals surface area contributed by atoms with Crippen LogP contribution in [0.3, 0.4) is 0 Å². The number of para-hydroxylation sites is 1. The van der Waals surface area contributed by atoms with Crippen LogP contribution >= 0.6 is 0 Å². The van der Waals surface area contributed by atoms with Crippen LogP contribution in [0.15, 0.2) is 42.5 Å². The van der Waals surface area contributed by atoms with Gasteiger partial charge in [-0.2, -0.15) is 0 Å². The second kappa shape index (κ2) is 10.8. The van der Waals surface area contributed by atoms with Crippen LogP contribution < -0.4 is 15.4 Å². The highest BCUT2D eigenvalue weighted by atomic mass is 16.5. The second-order valence-electron chi connectivity index (χ2n) is 7.50. The smallest absolute Gasteiger partial charge is 0.265 e. The Bertz CT molecular complexity index is 881. The molecule has 2 aromatic rings. The number of ether oxygens (including phenoxy) is 2. The molecule has 1 atom stereocenters. The van der Waals surface area contributed by atoms with Gasteiger partial charge in [0.25, 0.3) is 11.8 Å². The molecule has 1 aliphatic carbocycles. The predicted octanol–water partition coefficient (Wildman–Crippen LogP) is 3.74. The maximum absolute atomic E-state index is 12.8. The van der Waals surface area contributed by atoms with Gasteiger partial charge >= 0.3 is 0 Å².